The summed E-state index contributed by atoms with van der Waals surface area (Å²) >= 11 is 5.94. The van der Waals surface area contributed by atoms with Gasteiger partial charge in [-0.25, -0.2) is 0 Å². The average Bonchev–Trinajstić information content (AvgIpc) is 2.56. The summed E-state index contributed by atoms with van der Waals surface area (Å²) in [5.74, 6) is -0.968. The molecule has 0 bridgehead atoms. The number of nitrogens with one attached hydrogen (secondary N) is 2. The summed E-state index contributed by atoms with van der Waals surface area (Å²) in [7, 11) is 0. The van der Waals surface area contributed by atoms with Crippen molar-refractivity contribution in [1.82, 2.24) is 5.32 Å². The number of alkyl halides is 2. The van der Waals surface area contributed by atoms with E-state index in [9.17, 15) is 18.4 Å². The second-order valence-electron chi connectivity index (χ2n) is 5.07. The van der Waals surface area contributed by atoms with E-state index in [2.05, 4.69) is 15.4 Å². The SMILES string of the molecule is C[C@H](NC(=O)c1ccccc1Cl)C(=O)Nc1ccc(OC(F)F)cc1. The molecule has 132 valence electrons. The molecule has 0 saturated heterocycles. The summed E-state index contributed by atoms with van der Waals surface area (Å²) in [6.45, 7) is -1.40. The number of hydrogen-bond donors (Lipinski definition) is 2. The first-order valence-corrected chi connectivity index (χ1v) is 7.65. The molecule has 2 aromatic carbocycles. The monoisotopic (exact) mass is 368 g/mol. The fraction of sp³-hybridized carbons (Fsp3) is 0.176. The van der Waals surface area contributed by atoms with Gasteiger partial charge in [-0.15, -0.1) is 0 Å². The predicted molar refractivity (Wildman–Crippen MR) is 90.1 cm³/mol. The highest BCUT2D eigenvalue weighted by Crippen LogP contribution is 2.18. The zero-order valence-electron chi connectivity index (χ0n) is 13.1. The number of rotatable bonds is 6. The van der Waals surface area contributed by atoms with Crippen molar-refractivity contribution in [2.45, 2.75) is 19.6 Å². The highest BCUT2D eigenvalue weighted by atomic mass is 35.5. The third-order valence-electron chi connectivity index (χ3n) is 3.21. The molecule has 5 nitrogen and oxygen atoms in total. The molecule has 0 heterocycles. The van der Waals surface area contributed by atoms with E-state index in [1.54, 1.807) is 24.3 Å². The van der Waals surface area contributed by atoms with Crippen molar-refractivity contribution in [3.8, 4) is 5.75 Å². The van der Waals surface area contributed by atoms with E-state index in [0.717, 1.165) is 0 Å². The Kier molecular flexibility index (Phi) is 6.30. The molecule has 25 heavy (non-hydrogen) atoms. The molecular weight excluding hydrogens is 354 g/mol. The van der Waals surface area contributed by atoms with Gasteiger partial charge in [-0.1, -0.05) is 23.7 Å². The average molecular weight is 369 g/mol. The Morgan fingerprint density at radius 2 is 1.72 bits per heavy atom. The van der Waals surface area contributed by atoms with E-state index in [4.69, 9.17) is 11.6 Å². The highest BCUT2D eigenvalue weighted by molar-refractivity contribution is 6.33. The quantitative estimate of drug-likeness (QED) is 0.817. The molecule has 0 unspecified atom stereocenters. The smallest absolute Gasteiger partial charge is 0.387 e. The lowest BCUT2D eigenvalue weighted by atomic mass is 10.2. The van der Waals surface area contributed by atoms with Crippen molar-refractivity contribution in [3.05, 3.63) is 59.1 Å². The third-order valence-corrected chi connectivity index (χ3v) is 3.54. The lowest BCUT2D eigenvalue weighted by Gasteiger charge is -2.15. The zero-order valence-corrected chi connectivity index (χ0v) is 13.9. The molecule has 1 atom stereocenters. The van der Waals surface area contributed by atoms with Crippen molar-refractivity contribution in [2.75, 3.05) is 5.32 Å². The molecule has 2 amide bonds. The molecular formula is C17H15ClF2N2O3. The topological polar surface area (TPSA) is 67.4 Å². The lowest BCUT2D eigenvalue weighted by molar-refractivity contribution is -0.117. The van der Waals surface area contributed by atoms with Gasteiger partial charge in [0.2, 0.25) is 5.91 Å². The molecule has 0 aliphatic carbocycles. The van der Waals surface area contributed by atoms with Crippen LogP contribution in [-0.4, -0.2) is 24.5 Å². The predicted octanol–water partition coefficient (Wildman–Crippen LogP) is 3.70. The van der Waals surface area contributed by atoms with Crippen LogP contribution in [0.25, 0.3) is 0 Å². The van der Waals surface area contributed by atoms with Crippen LogP contribution < -0.4 is 15.4 Å². The van der Waals surface area contributed by atoms with Crippen LogP contribution in [-0.2, 0) is 4.79 Å². The summed E-state index contributed by atoms with van der Waals surface area (Å²) in [5.41, 5.74) is 0.641. The second-order valence-corrected chi connectivity index (χ2v) is 5.47. The Bertz CT molecular complexity index is 754. The van der Waals surface area contributed by atoms with Crippen molar-refractivity contribution >= 4 is 29.1 Å². The highest BCUT2D eigenvalue weighted by Gasteiger charge is 2.18. The van der Waals surface area contributed by atoms with Crippen molar-refractivity contribution < 1.29 is 23.1 Å². The van der Waals surface area contributed by atoms with Gasteiger partial charge in [0.1, 0.15) is 11.8 Å². The van der Waals surface area contributed by atoms with Crippen LogP contribution in [0.15, 0.2) is 48.5 Å². The maximum atomic E-state index is 12.1. The minimum Gasteiger partial charge on any atom is -0.435 e. The van der Waals surface area contributed by atoms with Gasteiger partial charge < -0.3 is 15.4 Å². The third kappa shape index (κ3) is 5.42. The number of ether oxygens (including phenoxy) is 1. The number of carbonyl (C=O) groups excluding carboxylic acids is 2. The molecule has 2 rings (SSSR count). The standard InChI is InChI=1S/C17H15ClF2N2O3/c1-10(21-16(24)13-4-2-3-5-14(13)18)15(23)22-11-6-8-12(9-7-11)25-17(19)20/h2-10,17H,1H3,(H,21,24)(H,22,23)/t10-/m0/s1. The van der Waals surface area contributed by atoms with E-state index in [1.165, 1.54) is 31.2 Å². The largest absolute Gasteiger partial charge is 0.435 e. The van der Waals surface area contributed by atoms with E-state index >= 15 is 0 Å². The summed E-state index contributed by atoms with van der Waals surface area (Å²) in [6.07, 6.45) is 0. The van der Waals surface area contributed by atoms with Crippen LogP contribution in [0.5, 0.6) is 5.75 Å². The van der Waals surface area contributed by atoms with Crippen molar-refractivity contribution in [2.24, 2.45) is 0 Å². The van der Waals surface area contributed by atoms with Gasteiger partial charge in [0, 0.05) is 5.69 Å². The Balaban J connectivity index is 1.94. The number of benzene rings is 2. The van der Waals surface area contributed by atoms with Gasteiger partial charge >= 0.3 is 6.61 Å². The first-order valence-electron chi connectivity index (χ1n) is 7.28. The molecule has 8 heteroatoms. The van der Waals surface area contributed by atoms with E-state index in [-0.39, 0.29) is 16.3 Å². The fourth-order valence-electron chi connectivity index (χ4n) is 1.96. The normalized spacial score (nSPS) is 11.7. The Morgan fingerprint density at radius 3 is 2.32 bits per heavy atom. The van der Waals surface area contributed by atoms with E-state index < -0.39 is 24.5 Å². The first kappa shape index (κ1) is 18.7. The Labute approximate surface area is 147 Å². The van der Waals surface area contributed by atoms with Crippen LogP contribution in [0.4, 0.5) is 14.5 Å². The minimum absolute atomic E-state index is 0.0203. The van der Waals surface area contributed by atoms with E-state index in [1.807, 2.05) is 0 Å². The van der Waals surface area contributed by atoms with Crippen LogP contribution in [0.3, 0.4) is 0 Å². The minimum atomic E-state index is -2.92. The molecule has 0 fully saturated rings. The maximum Gasteiger partial charge on any atom is 0.387 e. The number of carbonyl (C=O) groups is 2. The second kappa shape index (κ2) is 8.43. The fourth-order valence-corrected chi connectivity index (χ4v) is 2.18. The van der Waals surface area contributed by atoms with Gasteiger partial charge in [0.15, 0.2) is 0 Å². The van der Waals surface area contributed by atoms with Gasteiger partial charge in [-0.05, 0) is 43.3 Å². The van der Waals surface area contributed by atoms with Crippen LogP contribution in [0.1, 0.15) is 17.3 Å². The van der Waals surface area contributed by atoms with Gasteiger partial charge in [0.05, 0.1) is 10.6 Å². The molecule has 0 aliphatic heterocycles. The lowest BCUT2D eigenvalue weighted by Crippen LogP contribution is -2.41. The van der Waals surface area contributed by atoms with Gasteiger partial charge in [0.25, 0.3) is 5.91 Å². The van der Waals surface area contributed by atoms with Crippen molar-refractivity contribution in [1.29, 1.82) is 0 Å². The maximum absolute atomic E-state index is 12.1. The molecule has 0 aromatic heterocycles. The Morgan fingerprint density at radius 1 is 1.08 bits per heavy atom. The summed E-state index contributed by atoms with van der Waals surface area (Å²) in [4.78, 5) is 24.2. The molecule has 2 aromatic rings. The summed E-state index contributed by atoms with van der Waals surface area (Å²) < 4.78 is 28.4. The van der Waals surface area contributed by atoms with Crippen molar-refractivity contribution in [3.63, 3.8) is 0 Å². The molecule has 0 spiro atoms. The Hall–Kier alpha value is -2.67. The van der Waals surface area contributed by atoms with Crippen LogP contribution >= 0.6 is 11.6 Å². The number of hydrogen-bond acceptors (Lipinski definition) is 3. The summed E-state index contributed by atoms with van der Waals surface area (Å²) in [6, 6.07) is 11.1. The zero-order chi connectivity index (χ0) is 18.4. The van der Waals surface area contributed by atoms with Crippen LogP contribution in [0, 0.1) is 0 Å². The van der Waals surface area contributed by atoms with Gasteiger partial charge in [-0.2, -0.15) is 8.78 Å². The first-order chi connectivity index (χ1) is 11.9. The number of halogens is 3. The van der Waals surface area contributed by atoms with E-state index in [0.29, 0.717) is 5.69 Å². The molecule has 0 radical (unpaired) electrons. The number of anilines is 1. The molecule has 0 aliphatic rings. The summed E-state index contributed by atoms with van der Waals surface area (Å²) in [5, 5.41) is 5.38. The molecule has 0 saturated carbocycles. The number of amides is 2. The van der Waals surface area contributed by atoms with Crippen LogP contribution in [0.2, 0.25) is 5.02 Å². The van der Waals surface area contributed by atoms with Gasteiger partial charge in [-0.3, -0.25) is 9.59 Å². The molecule has 2 N–H and O–H groups in total.